The second-order valence-electron chi connectivity index (χ2n) is 4.44. The maximum atomic E-state index is 10.2. The van der Waals surface area contributed by atoms with Gasteiger partial charge in [0.25, 0.3) is 0 Å². The molecule has 0 aliphatic heterocycles. The molecule has 0 fully saturated rings. The highest BCUT2D eigenvalue weighted by Gasteiger charge is 2.19. The molecule has 96 valence electrons. The van der Waals surface area contributed by atoms with Crippen LogP contribution >= 0.6 is 0 Å². The van der Waals surface area contributed by atoms with E-state index in [1.807, 2.05) is 38.4 Å². The van der Waals surface area contributed by atoms with Crippen LogP contribution in [0.1, 0.15) is 18.1 Å². The van der Waals surface area contributed by atoms with Crippen LogP contribution in [-0.4, -0.2) is 43.8 Å². The lowest BCUT2D eigenvalue weighted by Crippen LogP contribution is -2.32. The van der Waals surface area contributed by atoms with Crippen LogP contribution < -0.4 is 10.5 Å². The summed E-state index contributed by atoms with van der Waals surface area (Å²) in [5, 5.41) is 10.2. The number of ether oxygens (including phenoxy) is 1. The molecule has 4 heteroatoms. The fourth-order valence-corrected chi connectivity index (χ4v) is 1.71. The molecule has 0 bridgehead atoms. The third-order valence-corrected chi connectivity index (χ3v) is 2.77. The first-order valence-electron chi connectivity index (χ1n) is 5.77. The van der Waals surface area contributed by atoms with E-state index in [0.717, 1.165) is 18.5 Å². The summed E-state index contributed by atoms with van der Waals surface area (Å²) in [5.74, 6) is 0.681. The number of para-hydroxylation sites is 1. The third kappa shape index (κ3) is 4.00. The topological polar surface area (TPSA) is 58.7 Å². The molecule has 0 amide bonds. The number of nitrogens with two attached hydrogens (primary N) is 1. The summed E-state index contributed by atoms with van der Waals surface area (Å²) < 4.78 is 5.22. The van der Waals surface area contributed by atoms with E-state index in [4.69, 9.17) is 10.5 Å². The maximum Gasteiger partial charge on any atom is 0.124 e. The first-order valence-corrected chi connectivity index (χ1v) is 5.77. The predicted octanol–water partition coefficient (Wildman–Crippen LogP) is 1.01. The van der Waals surface area contributed by atoms with E-state index in [-0.39, 0.29) is 6.04 Å². The lowest BCUT2D eigenvalue weighted by molar-refractivity contribution is 0.134. The van der Waals surface area contributed by atoms with Gasteiger partial charge in [-0.25, -0.2) is 0 Å². The minimum atomic E-state index is -0.689. The molecule has 0 spiro atoms. The maximum absolute atomic E-state index is 10.2. The number of aliphatic hydroxyl groups is 1. The van der Waals surface area contributed by atoms with E-state index in [9.17, 15) is 5.11 Å². The van der Waals surface area contributed by atoms with Crippen LogP contribution in [0.25, 0.3) is 0 Å². The summed E-state index contributed by atoms with van der Waals surface area (Å²) in [6.45, 7) is 0.855. The minimum absolute atomic E-state index is 0.284. The molecule has 2 unspecified atom stereocenters. The SMILES string of the molecule is COc1ccccc1C(O)C(N)CCN(C)C. The molecule has 1 aromatic rings. The molecule has 0 radical (unpaired) electrons. The van der Waals surface area contributed by atoms with Crippen molar-refractivity contribution in [1.29, 1.82) is 0 Å². The van der Waals surface area contributed by atoms with Crippen molar-refractivity contribution < 1.29 is 9.84 Å². The van der Waals surface area contributed by atoms with Crippen molar-refractivity contribution in [2.45, 2.75) is 18.6 Å². The Balaban J connectivity index is 2.70. The van der Waals surface area contributed by atoms with Crippen molar-refractivity contribution in [1.82, 2.24) is 4.90 Å². The minimum Gasteiger partial charge on any atom is -0.496 e. The van der Waals surface area contributed by atoms with Crippen molar-refractivity contribution >= 4 is 0 Å². The second-order valence-corrected chi connectivity index (χ2v) is 4.44. The molecule has 0 aliphatic rings. The summed E-state index contributed by atoms with van der Waals surface area (Å²) in [6, 6.07) is 7.14. The first kappa shape index (κ1) is 14.0. The van der Waals surface area contributed by atoms with Gasteiger partial charge in [0, 0.05) is 11.6 Å². The predicted molar refractivity (Wildman–Crippen MR) is 69.1 cm³/mol. The standard InChI is InChI=1S/C13H22N2O2/c1-15(2)9-8-11(14)13(16)10-6-4-5-7-12(10)17-3/h4-7,11,13,16H,8-9,14H2,1-3H3. The second kappa shape index (κ2) is 6.59. The molecular formula is C13H22N2O2. The van der Waals surface area contributed by atoms with Crippen LogP contribution in [0.3, 0.4) is 0 Å². The van der Waals surface area contributed by atoms with Crippen LogP contribution in [0.5, 0.6) is 5.75 Å². The molecule has 1 rings (SSSR count). The Bertz CT molecular complexity index is 342. The van der Waals surface area contributed by atoms with Crippen molar-refractivity contribution in [2.75, 3.05) is 27.7 Å². The highest BCUT2D eigenvalue weighted by molar-refractivity contribution is 5.35. The molecule has 0 heterocycles. The number of rotatable bonds is 6. The number of benzene rings is 1. The summed E-state index contributed by atoms with van der Waals surface area (Å²) >= 11 is 0. The average Bonchev–Trinajstić information content (AvgIpc) is 2.34. The Morgan fingerprint density at radius 2 is 2.00 bits per heavy atom. The number of aliphatic hydroxyl groups excluding tert-OH is 1. The molecule has 0 aromatic heterocycles. The molecule has 0 saturated heterocycles. The smallest absolute Gasteiger partial charge is 0.124 e. The van der Waals surface area contributed by atoms with Crippen LogP contribution in [0.15, 0.2) is 24.3 Å². The fourth-order valence-electron chi connectivity index (χ4n) is 1.71. The molecule has 17 heavy (non-hydrogen) atoms. The molecular weight excluding hydrogens is 216 g/mol. The fraction of sp³-hybridized carbons (Fsp3) is 0.538. The van der Waals surface area contributed by atoms with E-state index in [1.165, 1.54) is 0 Å². The zero-order valence-electron chi connectivity index (χ0n) is 10.8. The summed E-state index contributed by atoms with van der Waals surface area (Å²) in [6.07, 6.45) is 0.0535. The van der Waals surface area contributed by atoms with Crippen molar-refractivity contribution in [2.24, 2.45) is 5.73 Å². The highest BCUT2D eigenvalue weighted by Crippen LogP contribution is 2.27. The Hall–Kier alpha value is -1.10. The lowest BCUT2D eigenvalue weighted by atomic mass is 9.99. The van der Waals surface area contributed by atoms with Gasteiger partial charge in [-0.05, 0) is 33.1 Å². The van der Waals surface area contributed by atoms with E-state index < -0.39 is 6.10 Å². The number of methoxy groups -OCH3 is 1. The number of hydrogen-bond acceptors (Lipinski definition) is 4. The Labute approximate surface area is 103 Å². The average molecular weight is 238 g/mol. The molecule has 3 N–H and O–H groups in total. The van der Waals surface area contributed by atoms with Gasteiger partial charge in [-0.3, -0.25) is 0 Å². The van der Waals surface area contributed by atoms with Gasteiger partial charge in [0.15, 0.2) is 0 Å². The third-order valence-electron chi connectivity index (χ3n) is 2.77. The van der Waals surface area contributed by atoms with Gasteiger partial charge in [0.1, 0.15) is 5.75 Å². The Morgan fingerprint density at radius 1 is 1.35 bits per heavy atom. The zero-order valence-corrected chi connectivity index (χ0v) is 10.8. The van der Waals surface area contributed by atoms with Crippen molar-refractivity contribution in [3.8, 4) is 5.75 Å². The van der Waals surface area contributed by atoms with E-state index in [0.29, 0.717) is 5.75 Å². The summed E-state index contributed by atoms with van der Waals surface area (Å²) in [7, 11) is 5.57. The number of nitrogens with zero attached hydrogens (tertiary/aromatic N) is 1. The highest BCUT2D eigenvalue weighted by atomic mass is 16.5. The first-order chi connectivity index (χ1) is 8.06. The van der Waals surface area contributed by atoms with Gasteiger partial charge in [0.05, 0.1) is 13.2 Å². The Kier molecular flexibility index (Phi) is 5.41. The number of hydrogen-bond donors (Lipinski definition) is 2. The molecule has 0 aliphatic carbocycles. The largest absolute Gasteiger partial charge is 0.496 e. The lowest BCUT2D eigenvalue weighted by Gasteiger charge is -2.22. The van der Waals surface area contributed by atoms with Gasteiger partial charge in [-0.1, -0.05) is 18.2 Å². The monoisotopic (exact) mass is 238 g/mol. The van der Waals surface area contributed by atoms with Gasteiger partial charge >= 0.3 is 0 Å². The quantitative estimate of drug-likeness (QED) is 0.776. The normalized spacial score (nSPS) is 14.7. The van der Waals surface area contributed by atoms with E-state index >= 15 is 0 Å². The summed E-state index contributed by atoms with van der Waals surface area (Å²) in [4.78, 5) is 2.05. The van der Waals surface area contributed by atoms with Gasteiger partial charge < -0.3 is 20.5 Å². The van der Waals surface area contributed by atoms with Crippen LogP contribution in [0.4, 0.5) is 0 Å². The van der Waals surface area contributed by atoms with Gasteiger partial charge in [-0.15, -0.1) is 0 Å². The van der Waals surface area contributed by atoms with Crippen LogP contribution in [-0.2, 0) is 0 Å². The van der Waals surface area contributed by atoms with Crippen molar-refractivity contribution in [3.63, 3.8) is 0 Å². The van der Waals surface area contributed by atoms with Crippen LogP contribution in [0.2, 0.25) is 0 Å². The van der Waals surface area contributed by atoms with E-state index in [1.54, 1.807) is 7.11 Å². The molecule has 1 aromatic carbocycles. The zero-order chi connectivity index (χ0) is 12.8. The molecule has 2 atom stereocenters. The van der Waals surface area contributed by atoms with Crippen molar-refractivity contribution in [3.05, 3.63) is 29.8 Å². The van der Waals surface area contributed by atoms with Gasteiger partial charge in [0.2, 0.25) is 0 Å². The molecule has 4 nitrogen and oxygen atoms in total. The van der Waals surface area contributed by atoms with Crippen LogP contribution in [0, 0.1) is 0 Å². The molecule has 0 saturated carbocycles. The van der Waals surface area contributed by atoms with E-state index in [2.05, 4.69) is 4.90 Å². The van der Waals surface area contributed by atoms with Gasteiger partial charge in [-0.2, -0.15) is 0 Å². The Morgan fingerprint density at radius 3 is 2.59 bits per heavy atom. The summed E-state index contributed by atoms with van der Waals surface area (Å²) in [5.41, 5.74) is 6.74.